The molecule has 0 spiro atoms. The molecule has 104 valence electrons. The number of carbonyl (C=O) groups is 1. The number of aryl methyl sites for hydroxylation is 1. The molecule has 1 aliphatic heterocycles. The molecule has 1 atom stereocenters. The van der Waals surface area contributed by atoms with E-state index in [4.69, 9.17) is 0 Å². The minimum Gasteiger partial charge on any atom is -0.294 e. The molecule has 4 heteroatoms. The minimum atomic E-state index is -2.78. The fourth-order valence-corrected chi connectivity index (χ4v) is 4.49. The number of benzene rings is 1. The average molecular weight is 280 g/mol. The smallest absolute Gasteiger partial charge is 0.162 e. The molecule has 1 heterocycles. The van der Waals surface area contributed by atoms with Crippen molar-refractivity contribution >= 4 is 15.6 Å². The summed E-state index contributed by atoms with van der Waals surface area (Å²) in [6.45, 7) is 1.86. The number of rotatable bonds is 5. The van der Waals surface area contributed by atoms with Crippen LogP contribution in [0, 0.1) is 5.92 Å². The van der Waals surface area contributed by atoms with Crippen molar-refractivity contribution in [1.82, 2.24) is 0 Å². The van der Waals surface area contributed by atoms with Gasteiger partial charge in [-0.25, -0.2) is 8.42 Å². The summed E-state index contributed by atoms with van der Waals surface area (Å²) in [5.74, 6) is 1.12. The first-order valence-corrected chi connectivity index (χ1v) is 8.65. The quantitative estimate of drug-likeness (QED) is 0.779. The second-order valence-electron chi connectivity index (χ2n) is 5.28. The normalized spacial score (nSPS) is 21.4. The van der Waals surface area contributed by atoms with E-state index in [0.29, 0.717) is 17.9 Å². The number of ketones is 1. The molecule has 0 aliphatic carbocycles. The van der Waals surface area contributed by atoms with Gasteiger partial charge in [0, 0.05) is 12.0 Å². The summed E-state index contributed by atoms with van der Waals surface area (Å²) >= 11 is 0. The monoisotopic (exact) mass is 280 g/mol. The van der Waals surface area contributed by atoms with Crippen molar-refractivity contribution in [1.29, 1.82) is 0 Å². The first kappa shape index (κ1) is 14.3. The zero-order valence-corrected chi connectivity index (χ0v) is 12.1. The third-order valence-electron chi connectivity index (χ3n) is 3.74. The number of Topliss-reactive ketones (excluding diaryl/α,β-unsaturated/α-hetero) is 1. The van der Waals surface area contributed by atoms with Crippen LogP contribution in [0.2, 0.25) is 0 Å². The number of hydrogen-bond acceptors (Lipinski definition) is 3. The molecular formula is C15H20O3S. The van der Waals surface area contributed by atoms with Crippen LogP contribution in [0.5, 0.6) is 0 Å². The van der Waals surface area contributed by atoms with E-state index in [0.717, 1.165) is 30.4 Å². The second kappa shape index (κ2) is 5.87. The van der Waals surface area contributed by atoms with Gasteiger partial charge in [0.05, 0.1) is 11.5 Å². The Hall–Kier alpha value is -1.16. The van der Waals surface area contributed by atoms with E-state index in [9.17, 15) is 13.2 Å². The van der Waals surface area contributed by atoms with Gasteiger partial charge in [-0.3, -0.25) is 4.79 Å². The zero-order chi connectivity index (χ0) is 13.9. The van der Waals surface area contributed by atoms with Crippen molar-refractivity contribution in [2.24, 2.45) is 5.92 Å². The lowest BCUT2D eigenvalue weighted by atomic mass is 9.97. The summed E-state index contributed by atoms with van der Waals surface area (Å²) in [5, 5.41) is 0. The first-order chi connectivity index (χ1) is 9.00. The summed E-state index contributed by atoms with van der Waals surface area (Å²) in [7, 11) is -2.78. The summed E-state index contributed by atoms with van der Waals surface area (Å²) in [6, 6.07) is 7.70. The maximum Gasteiger partial charge on any atom is 0.162 e. The lowest BCUT2D eigenvalue weighted by Crippen LogP contribution is -2.06. The summed E-state index contributed by atoms with van der Waals surface area (Å²) in [6.07, 6.45) is 3.05. The van der Waals surface area contributed by atoms with Gasteiger partial charge in [-0.1, -0.05) is 25.1 Å². The van der Waals surface area contributed by atoms with Gasteiger partial charge in [0.1, 0.15) is 0 Å². The third kappa shape index (κ3) is 3.90. The Morgan fingerprint density at radius 3 is 2.79 bits per heavy atom. The molecule has 1 fully saturated rings. The molecule has 0 radical (unpaired) electrons. The van der Waals surface area contributed by atoms with E-state index in [2.05, 4.69) is 0 Å². The molecule has 0 N–H and O–H groups in total. The predicted octanol–water partition coefficient (Wildman–Crippen LogP) is 2.65. The topological polar surface area (TPSA) is 51.2 Å². The second-order valence-corrected chi connectivity index (χ2v) is 7.51. The highest BCUT2D eigenvalue weighted by molar-refractivity contribution is 7.91. The van der Waals surface area contributed by atoms with E-state index < -0.39 is 9.84 Å². The van der Waals surface area contributed by atoms with Crippen LogP contribution in [0.15, 0.2) is 24.3 Å². The van der Waals surface area contributed by atoms with Gasteiger partial charge in [-0.05, 0) is 36.8 Å². The van der Waals surface area contributed by atoms with Gasteiger partial charge in [-0.2, -0.15) is 0 Å². The Morgan fingerprint density at radius 1 is 1.37 bits per heavy atom. The predicted molar refractivity (Wildman–Crippen MR) is 76.1 cm³/mol. The molecule has 0 unspecified atom stereocenters. The lowest BCUT2D eigenvalue weighted by molar-refractivity contribution is 0.0988. The molecule has 19 heavy (non-hydrogen) atoms. The van der Waals surface area contributed by atoms with Crippen molar-refractivity contribution in [2.75, 3.05) is 11.5 Å². The van der Waals surface area contributed by atoms with E-state index in [1.54, 1.807) is 0 Å². The standard InChI is InChI=1S/C15H20O3S/c1-2-15(16)14-5-3-4-12(10-14)6-7-13-8-9-19(17,18)11-13/h3-5,10,13H,2,6-9,11H2,1H3/t13-/m1/s1. The lowest BCUT2D eigenvalue weighted by Gasteiger charge is -2.08. The summed E-state index contributed by atoms with van der Waals surface area (Å²) in [4.78, 5) is 11.6. The highest BCUT2D eigenvalue weighted by Gasteiger charge is 2.27. The maximum atomic E-state index is 11.6. The van der Waals surface area contributed by atoms with Crippen LogP contribution in [0.4, 0.5) is 0 Å². The van der Waals surface area contributed by atoms with Gasteiger partial charge in [-0.15, -0.1) is 0 Å². The van der Waals surface area contributed by atoms with Crippen molar-refractivity contribution in [3.05, 3.63) is 35.4 Å². The summed E-state index contributed by atoms with van der Waals surface area (Å²) < 4.78 is 22.8. The van der Waals surface area contributed by atoms with Crippen LogP contribution < -0.4 is 0 Å². The molecule has 0 aromatic heterocycles. The highest BCUT2D eigenvalue weighted by Crippen LogP contribution is 2.23. The van der Waals surface area contributed by atoms with Crippen LogP contribution >= 0.6 is 0 Å². The van der Waals surface area contributed by atoms with Gasteiger partial charge in [0.15, 0.2) is 15.6 Å². The fourth-order valence-electron chi connectivity index (χ4n) is 2.57. The third-order valence-corrected chi connectivity index (χ3v) is 5.58. The van der Waals surface area contributed by atoms with Crippen LogP contribution in [-0.4, -0.2) is 25.7 Å². The largest absolute Gasteiger partial charge is 0.294 e. The fraction of sp³-hybridized carbons (Fsp3) is 0.533. The Morgan fingerprint density at radius 2 is 2.16 bits per heavy atom. The SMILES string of the molecule is CCC(=O)c1cccc(CC[C@@H]2CCS(=O)(=O)C2)c1. The van der Waals surface area contributed by atoms with E-state index >= 15 is 0 Å². The van der Waals surface area contributed by atoms with Crippen molar-refractivity contribution in [2.45, 2.75) is 32.6 Å². The molecule has 1 saturated heterocycles. The van der Waals surface area contributed by atoms with E-state index in [1.165, 1.54) is 0 Å². The molecule has 1 aromatic carbocycles. The van der Waals surface area contributed by atoms with E-state index in [-0.39, 0.29) is 11.7 Å². The highest BCUT2D eigenvalue weighted by atomic mass is 32.2. The zero-order valence-electron chi connectivity index (χ0n) is 11.3. The molecule has 0 bridgehead atoms. The van der Waals surface area contributed by atoms with Crippen LogP contribution in [0.1, 0.15) is 42.1 Å². The van der Waals surface area contributed by atoms with Gasteiger partial charge < -0.3 is 0 Å². The molecule has 1 aromatic rings. The van der Waals surface area contributed by atoms with Crippen molar-refractivity contribution in [3.8, 4) is 0 Å². The molecule has 1 aliphatic rings. The van der Waals surface area contributed by atoms with Crippen molar-refractivity contribution < 1.29 is 13.2 Å². The van der Waals surface area contributed by atoms with Gasteiger partial charge in [0.2, 0.25) is 0 Å². The Balaban J connectivity index is 1.95. The minimum absolute atomic E-state index is 0.158. The average Bonchev–Trinajstić information content (AvgIpc) is 2.75. The Kier molecular flexibility index (Phi) is 4.40. The van der Waals surface area contributed by atoms with Crippen LogP contribution in [0.3, 0.4) is 0 Å². The Bertz CT molecular complexity index is 561. The number of carbonyl (C=O) groups excluding carboxylic acids is 1. The van der Waals surface area contributed by atoms with Gasteiger partial charge >= 0.3 is 0 Å². The molecule has 2 rings (SSSR count). The molecule has 3 nitrogen and oxygen atoms in total. The van der Waals surface area contributed by atoms with Crippen molar-refractivity contribution in [3.63, 3.8) is 0 Å². The molecule has 0 saturated carbocycles. The molecular weight excluding hydrogens is 260 g/mol. The van der Waals surface area contributed by atoms with Gasteiger partial charge in [0.25, 0.3) is 0 Å². The number of hydrogen-bond donors (Lipinski definition) is 0. The summed E-state index contributed by atoms with van der Waals surface area (Å²) in [5.41, 5.74) is 1.89. The van der Waals surface area contributed by atoms with Crippen LogP contribution in [0.25, 0.3) is 0 Å². The maximum absolute atomic E-state index is 11.6. The Labute approximate surface area is 114 Å². The van der Waals surface area contributed by atoms with Crippen LogP contribution in [-0.2, 0) is 16.3 Å². The first-order valence-electron chi connectivity index (χ1n) is 6.83. The molecule has 0 amide bonds. The van der Waals surface area contributed by atoms with E-state index in [1.807, 2.05) is 31.2 Å². The number of sulfone groups is 1.